The van der Waals surface area contributed by atoms with Crippen LogP contribution in [0.15, 0.2) is 194 Å². The molecule has 4 heteroatoms. The summed E-state index contributed by atoms with van der Waals surface area (Å²) in [7, 11) is 0. The molecule has 11 rings (SSSR count). The van der Waals surface area contributed by atoms with Gasteiger partial charge in [-0.15, -0.1) is 11.3 Å². The summed E-state index contributed by atoms with van der Waals surface area (Å²) in [5.74, 6) is 1.95. The molecule has 0 N–H and O–H groups in total. The first-order chi connectivity index (χ1) is 28.1. The monoisotopic (exact) mass is 745 g/mol. The predicted octanol–water partition coefficient (Wildman–Crippen LogP) is 13.9. The fourth-order valence-corrected chi connectivity index (χ4v) is 10.0. The van der Waals surface area contributed by atoms with Gasteiger partial charge in [-0.1, -0.05) is 170 Å². The van der Waals surface area contributed by atoms with Crippen LogP contribution in [0.3, 0.4) is 0 Å². The molecule has 0 spiro atoms. The van der Waals surface area contributed by atoms with Gasteiger partial charge in [-0.3, -0.25) is 0 Å². The second kappa shape index (κ2) is 13.3. The molecule has 57 heavy (non-hydrogen) atoms. The van der Waals surface area contributed by atoms with Gasteiger partial charge < -0.3 is 0 Å². The average molecular weight is 746 g/mol. The molecule has 0 fully saturated rings. The van der Waals surface area contributed by atoms with Gasteiger partial charge in [-0.2, -0.15) is 0 Å². The van der Waals surface area contributed by atoms with Crippen molar-refractivity contribution in [1.82, 2.24) is 15.0 Å². The number of rotatable bonds is 6. The van der Waals surface area contributed by atoms with Crippen molar-refractivity contribution in [1.29, 1.82) is 0 Å². The third-order valence-electron chi connectivity index (χ3n) is 11.7. The summed E-state index contributed by atoms with van der Waals surface area (Å²) in [5.41, 5.74) is 13.6. The number of thiophene rings is 1. The van der Waals surface area contributed by atoms with Crippen molar-refractivity contribution in [2.24, 2.45) is 0 Å². The largest absolute Gasteiger partial charge is 0.208 e. The van der Waals surface area contributed by atoms with Crippen LogP contribution in [0.5, 0.6) is 0 Å². The highest BCUT2D eigenvalue weighted by Crippen LogP contribution is 2.53. The van der Waals surface area contributed by atoms with E-state index in [0.29, 0.717) is 17.5 Å². The van der Waals surface area contributed by atoms with E-state index in [4.69, 9.17) is 15.0 Å². The first-order valence-electron chi connectivity index (χ1n) is 19.4. The molecule has 0 saturated carbocycles. The summed E-state index contributed by atoms with van der Waals surface area (Å²) in [6, 6.07) is 69.3. The van der Waals surface area contributed by atoms with Crippen molar-refractivity contribution < 1.29 is 0 Å². The Kier molecular flexibility index (Phi) is 7.80. The summed E-state index contributed by atoms with van der Waals surface area (Å²) in [4.78, 5) is 15.8. The average Bonchev–Trinajstić information content (AvgIpc) is 3.80. The number of nitrogens with zero attached hydrogens (tertiary/aromatic N) is 3. The van der Waals surface area contributed by atoms with Crippen molar-refractivity contribution in [3.63, 3.8) is 0 Å². The Balaban J connectivity index is 1.09. The molecule has 0 aliphatic heterocycles. The highest BCUT2D eigenvalue weighted by molar-refractivity contribution is 7.26. The van der Waals surface area contributed by atoms with Crippen LogP contribution in [-0.2, 0) is 5.41 Å². The maximum Gasteiger partial charge on any atom is 0.165 e. The molecule has 0 radical (unpaired) electrons. The van der Waals surface area contributed by atoms with Gasteiger partial charge in [-0.05, 0) is 81.3 Å². The first kappa shape index (κ1) is 33.3. The van der Waals surface area contributed by atoms with Crippen LogP contribution in [0.2, 0.25) is 0 Å². The third kappa shape index (κ3) is 5.44. The molecule has 0 bridgehead atoms. The van der Waals surface area contributed by atoms with Gasteiger partial charge in [-0.25, -0.2) is 15.0 Å². The van der Waals surface area contributed by atoms with E-state index in [-0.39, 0.29) is 5.41 Å². The normalized spacial score (nSPS) is 14.5. The van der Waals surface area contributed by atoms with Gasteiger partial charge in [0.05, 0.1) is 0 Å². The maximum absolute atomic E-state index is 5.29. The molecule has 10 aromatic rings. The van der Waals surface area contributed by atoms with Gasteiger partial charge in [0.2, 0.25) is 0 Å². The minimum absolute atomic E-state index is 0.279. The predicted molar refractivity (Wildman–Crippen MR) is 237 cm³/mol. The lowest BCUT2D eigenvalue weighted by Crippen LogP contribution is -2.22. The standard InChI is InChI=1S/C53H35N3S/c1-53(38-20-6-3-7-21-38)46-28-12-10-23-40(46)41-31-30-36(33-47(41)53)35-18-14-19-37(32-35)50-54-51(44-25-9-8-22-39(44)34-16-4-2-5-17-34)56-52(55-50)45-27-15-26-43-42-24-11-13-29-48(42)57-49(43)45/h2-33H,1H3. The maximum atomic E-state index is 5.29. The molecular formula is C53H35N3S. The minimum Gasteiger partial charge on any atom is -0.208 e. The topological polar surface area (TPSA) is 38.7 Å². The van der Waals surface area contributed by atoms with Crippen LogP contribution in [0.4, 0.5) is 0 Å². The molecule has 1 aliphatic carbocycles. The van der Waals surface area contributed by atoms with Gasteiger partial charge in [0.1, 0.15) is 0 Å². The lowest BCUT2D eigenvalue weighted by molar-refractivity contribution is 0.714. The van der Waals surface area contributed by atoms with E-state index in [1.54, 1.807) is 11.3 Å². The van der Waals surface area contributed by atoms with Gasteiger partial charge in [0.25, 0.3) is 0 Å². The number of benzene rings is 8. The fourth-order valence-electron chi connectivity index (χ4n) is 8.81. The van der Waals surface area contributed by atoms with E-state index in [1.165, 1.54) is 48.0 Å². The molecule has 3 nitrogen and oxygen atoms in total. The zero-order valence-electron chi connectivity index (χ0n) is 31.2. The molecule has 1 atom stereocenters. The Morgan fingerprint density at radius 2 is 0.930 bits per heavy atom. The van der Waals surface area contributed by atoms with Crippen molar-refractivity contribution in [3.05, 3.63) is 211 Å². The van der Waals surface area contributed by atoms with Crippen molar-refractivity contribution >= 4 is 31.5 Å². The summed E-state index contributed by atoms with van der Waals surface area (Å²) >= 11 is 1.79. The van der Waals surface area contributed by atoms with E-state index in [0.717, 1.165) is 38.9 Å². The van der Waals surface area contributed by atoms with E-state index < -0.39 is 0 Å². The van der Waals surface area contributed by atoms with E-state index in [1.807, 2.05) is 6.07 Å². The molecule has 2 aromatic heterocycles. The Morgan fingerprint density at radius 3 is 1.77 bits per heavy atom. The van der Waals surface area contributed by atoms with Crippen LogP contribution >= 0.6 is 11.3 Å². The summed E-state index contributed by atoms with van der Waals surface area (Å²) in [6.45, 7) is 2.37. The fraction of sp³-hybridized carbons (Fsp3) is 0.0377. The van der Waals surface area contributed by atoms with Crippen molar-refractivity contribution in [3.8, 4) is 67.5 Å². The number of fused-ring (bicyclic) bond motifs is 6. The Bertz CT molecular complexity index is 3150. The first-order valence-corrected chi connectivity index (χ1v) is 20.2. The van der Waals surface area contributed by atoms with Gasteiger partial charge in [0.15, 0.2) is 17.5 Å². The van der Waals surface area contributed by atoms with Gasteiger partial charge in [0, 0.05) is 42.3 Å². The SMILES string of the molecule is CC1(c2ccccc2)c2ccccc2-c2ccc(-c3cccc(-c4nc(-c5ccccc5-c5ccccc5)nc(-c5cccc6c5sc5ccccc56)n4)c3)cc21. The molecule has 1 unspecified atom stereocenters. The van der Waals surface area contributed by atoms with E-state index in [2.05, 4.69) is 195 Å². The Morgan fingerprint density at radius 1 is 0.368 bits per heavy atom. The number of hydrogen-bond donors (Lipinski definition) is 0. The summed E-state index contributed by atoms with van der Waals surface area (Å²) < 4.78 is 2.42. The molecule has 268 valence electrons. The summed E-state index contributed by atoms with van der Waals surface area (Å²) in [6.07, 6.45) is 0. The van der Waals surface area contributed by atoms with E-state index >= 15 is 0 Å². The molecule has 0 saturated heterocycles. The highest BCUT2D eigenvalue weighted by atomic mass is 32.1. The van der Waals surface area contributed by atoms with Crippen molar-refractivity contribution in [2.45, 2.75) is 12.3 Å². The van der Waals surface area contributed by atoms with Crippen LogP contribution in [0.25, 0.3) is 87.7 Å². The van der Waals surface area contributed by atoms with Crippen LogP contribution in [-0.4, -0.2) is 15.0 Å². The smallest absolute Gasteiger partial charge is 0.165 e. The second-order valence-corrected chi connectivity index (χ2v) is 15.9. The van der Waals surface area contributed by atoms with Crippen LogP contribution in [0, 0.1) is 0 Å². The minimum atomic E-state index is -0.279. The van der Waals surface area contributed by atoms with Gasteiger partial charge >= 0.3 is 0 Å². The second-order valence-electron chi connectivity index (χ2n) is 14.9. The zero-order chi connectivity index (χ0) is 37.9. The number of hydrogen-bond acceptors (Lipinski definition) is 4. The molecule has 8 aromatic carbocycles. The molecule has 0 amide bonds. The Hall–Kier alpha value is -7.01. The quantitative estimate of drug-likeness (QED) is 0.170. The highest BCUT2D eigenvalue weighted by Gasteiger charge is 2.40. The number of aromatic nitrogens is 3. The zero-order valence-corrected chi connectivity index (χ0v) is 32.0. The third-order valence-corrected chi connectivity index (χ3v) is 12.9. The molecule has 2 heterocycles. The van der Waals surface area contributed by atoms with Crippen molar-refractivity contribution in [2.75, 3.05) is 0 Å². The molecule has 1 aliphatic rings. The molecular weight excluding hydrogens is 711 g/mol. The summed E-state index contributed by atoms with van der Waals surface area (Å²) in [5, 5.41) is 2.46. The van der Waals surface area contributed by atoms with Crippen LogP contribution in [0.1, 0.15) is 23.6 Å². The Labute approximate surface area is 335 Å². The lowest BCUT2D eigenvalue weighted by Gasteiger charge is -2.28. The van der Waals surface area contributed by atoms with Crippen LogP contribution < -0.4 is 0 Å². The van der Waals surface area contributed by atoms with E-state index in [9.17, 15) is 0 Å². The lowest BCUT2D eigenvalue weighted by atomic mass is 9.74.